The van der Waals surface area contributed by atoms with E-state index in [0.717, 1.165) is 10.8 Å². The lowest BCUT2D eigenvalue weighted by Crippen LogP contribution is -2.00. The Hall–Kier alpha value is -6.85. The van der Waals surface area contributed by atoms with Gasteiger partial charge in [0.1, 0.15) is 22.3 Å². The standard InChI is InChI=1S/C45H27N3O2/c1-2-9-31(10-3-1)43-46-44(48-45(47-43)33-25-26-36-35-11-4-6-14-38(35)50-41(36)27-33)32-23-19-29(20-24-32)28-17-21-30(22-18-28)34-13-8-16-40-42(34)37-12-5-7-15-39(37)49-40/h1-27H/i5D,7D,8D,12D,13D,15D,16D,17D,18D,19D,20D,21D,22D,23D,24D. The monoisotopic (exact) mass is 656 g/mol. The Labute approximate surface area is 308 Å². The lowest BCUT2D eigenvalue weighted by molar-refractivity contribution is 0.668. The van der Waals surface area contributed by atoms with Crippen LogP contribution in [-0.2, 0) is 0 Å². The highest BCUT2D eigenvalue weighted by Crippen LogP contribution is 2.38. The van der Waals surface area contributed by atoms with Crippen LogP contribution in [0.5, 0.6) is 0 Å². The Balaban J connectivity index is 1.18. The van der Waals surface area contributed by atoms with Gasteiger partial charge in [0.05, 0.1) is 20.6 Å². The normalized spacial score (nSPS) is 15.8. The average Bonchev–Trinajstić information content (AvgIpc) is 3.90. The summed E-state index contributed by atoms with van der Waals surface area (Å²) in [6.45, 7) is 0. The molecule has 3 aromatic heterocycles. The van der Waals surface area contributed by atoms with E-state index in [9.17, 15) is 11.0 Å². The van der Waals surface area contributed by atoms with E-state index in [1.165, 1.54) is 0 Å². The summed E-state index contributed by atoms with van der Waals surface area (Å²) in [6.07, 6.45) is 0. The van der Waals surface area contributed by atoms with Crippen molar-refractivity contribution in [2.24, 2.45) is 0 Å². The first-order valence-corrected chi connectivity index (χ1v) is 15.4. The van der Waals surface area contributed by atoms with Gasteiger partial charge in [0.25, 0.3) is 0 Å². The first-order valence-electron chi connectivity index (χ1n) is 22.9. The zero-order valence-corrected chi connectivity index (χ0v) is 25.6. The summed E-state index contributed by atoms with van der Waals surface area (Å²) in [5.74, 6) is 0.0633. The fourth-order valence-electron chi connectivity index (χ4n) is 5.86. The fraction of sp³-hybridized carbons (Fsp3) is 0. The minimum Gasteiger partial charge on any atom is -0.456 e. The number of hydrogen-bond donors (Lipinski definition) is 0. The van der Waals surface area contributed by atoms with Gasteiger partial charge in [-0.3, -0.25) is 0 Å². The van der Waals surface area contributed by atoms with Crippen molar-refractivity contribution in [3.05, 3.63) is 163 Å². The van der Waals surface area contributed by atoms with Crippen LogP contribution in [0.15, 0.2) is 172 Å². The number of benzene rings is 7. The molecule has 0 aliphatic rings. The molecule has 0 amide bonds. The van der Waals surface area contributed by atoms with Crippen molar-refractivity contribution >= 4 is 43.9 Å². The molecule has 0 unspecified atom stereocenters. The third kappa shape index (κ3) is 4.75. The molecular weight excluding hydrogens is 615 g/mol. The van der Waals surface area contributed by atoms with Crippen LogP contribution in [0.2, 0.25) is 0 Å². The maximum atomic E-state index is 9.24. The van der Waals surface area contributed by atoms with Crippen molar-refractivity contribution in [2.75, 3.05) is 0 Å². The van der Waals surface area contributed by atoms with Gasteiger partial charge in [0.15, 0.2) is 17.5 Å². The second-order valence-electron chi connectivity index (χ2n) is 11.2. The third-order valence-electron chi connectivity index (χ3n) is 8.23. The second-order valence-corrected chi connectivity index (χ2v) is 11.2. The molecule has 0 bridgehead atoms. The van der Waals surface area contributed by atoms with Gasteiger partial charge in [-0.1, -0.05) is 133 Å². The molecule has 10 aromatic rings. The summed E-state index contributed by atoms with van der Waals surface area (Å²) >= 11 is 0. The van der Waals surface area contributed by atoms with Crippen LogP contribution < -0.4 is 0 Å². The first-order chi connectivity index (χ1) is 31.0. The third-order valence-corrected chi connectivity index (χ3v) is 8.23. The van der Waals surface area contributed by atoms with Gasteiger partial charge >= 0.3 is 0 Å². The van der Waals surface area contributed by atoms with Gasteiger partial charge in [0, 0.05) is 38.2 Å². The van der Waals surface area contributed by atoms with Crippen molar-refractivity contribution in [1.82, 2.24) is 15.0 Å². The Morgan fingerprint density at radius 1 is 0.380 bits per heavy atom. The molecule has 7 aromatic carbocycles. The number of fused-ring (bicyclic) bond motifs is 6. The summed E-state index contributed by atoms with van der Waals surface area (Å²) in [5, 5.41) is 1.16. The highest BCUT2D eigenvalue weighted by Gasteiger charge is 2.16. The quantitative estimate of drug-likeness (QED) is 0.184. The molecule has 0 fully saturated rings. The van der Waals surface area contributed by atoms with E-state index in [1.54, 1.807) is 42.5 Å². The topological polar surface area (TPSA) is 65.0 Å². The molecule has 5 heteroatoms. The number of hydrogen-bond acceptors (Lipinski definition) is 5. The molecule has 0 radical (unpaired) electrons. The Kier molecular flexibility index (Phi) is 3.87. The lowest BCUT2D eigenvalue weighted by Gasteiger charge is -2.10. The van der Waals surface area contributed by atoms with Crippen LogP contribution in [0.4, 0.5) is 0 Å². The van der Waals surface area contributed by atoms with Crippen molar-refractivity contribution < 1.29 is 29.4 Å². The van der Waals surface area contributed by atoms with Gasteiger partial charge in [-0.2, -0.15) is 0 Å². The summed E-state index contributed by atoms with van der Waals surface area (Å²) in [4.78, 5) is 14.0. The number of rotatable bonds is 5. The minimum atomic E-state index is -0.840. The largest absolute Gasteiger partial charge is 0.456 e. The Morgan fingerprint density at radius 2 is 0.980 bits per heavy atom. The molecule has 50 heavy (non-hydrogen) atoms. The number of para-hydroxylation sites is 2. The molecular formula is C45H27N3O2. The Morgan fingerprint density at radius 3 is 1.78 bits per heavy atom. The summed E-state index contributed by atoms with van der Waals surface area (Å²) in [6, 6.07) is 10.9. The van der Waals surface area contributed by atoms with E-state index >= 15 is 0 Å². The number of furan rings is 2. The molecule has 10 rings (SSSR count). The molecule has 3 heterocycles. The maximum Gasteiger partial charge on any atom is 0.164 e. The van der Waals surface area contributed by atoms with Gasteiger partial charge in [-0.15, -0.1) is 0 Å². The second kappa shape index (κ2) is 11.4. The lowest BCUT2D eigenvalue weighted by atomic mass is 9.96. The van der Waals surface area contributed by atoms with E-state index in [2.05, 4.69) is 9.97 Å². The predicted molar refractivity (Wildman–Crippen MR) is 202 cm³/mol. The van der Waals surface area contributed by atoms with Crippen LogP contribution in [0.1, 0.15) is 20.6 Å². The summed E-state index contributed by atoms with van der Waals surface area (Å²) in [7, 11) is 0. The molecule has 234 valence electrons. The van der Waals surface area contributed by atoms with E-state index in [-0.39, 0.29) is 33.8 Å². The number of nitrogens with zero attached hydrogens (tertiary/aromatic N) is 3. The van der Waals surface area contributed by atoms with E-state index in [4.69, 9.17) is 23.4 Å². The van der Waals surface area contributed by atoms with Crippen molar-refractivity contribution in [1.29, 1.82) is 0 Å². The van der Waals surface area contributed by atoms with Crippen molar-refractivity contribution in [2.45, 2.75) is 0 Å². The molecule has 0 saturated heterocycles. The smallest absolute Gasteiger partial charge is 0.164 e. The van der Waals surface area contributed by atoms with Gasteiger partial charge in [0.2, 0.25) is 0 Å². The zero-order valence-electron chi connectivity index (χ0n) is 40.6. The van der Waals surface area contributed by atoms with Crippen LogP contribution >= 0.6 is 0 Å². The van der Waals surface area contributed by atoms with Crippen molar-refractivity contribution in [3.63, 3.8) is 0 Å². The zero-order chi connectivity index (χ0) is 46.1. The summed E-state index contributed by atoms with van der Waals surface area (Å²) in [5.41, 5.74) is -1.14. The molecule has 5 nitrogen and oxygen atoms in total. The molecule has 0 N–H and O–H groups in total. The van der Waals surface area contributed by atoms with Gasteiger partial charge in [-0.05, 0) is 52.5 Å². The first kappa shape index (κ1) is 17.0. The van der Waals surface area contributed by atoms with E-state index < -0.39 is 124 Å². The van der Waals surface area contributed by atoms with Crippen LogP contribution in [0, 0.1) is 0 Å². The summed E-state index contributed by atoms with van der Waals surface area (Å²) < 4.78 is 145. The average molecular weight is 657 g/mol. The Bertz CT molecular complexity index is 3680. The SMILES string of the molecule is [2H]c1c([2H])c(-c2c([2H])c([2H])c(-c3c([2H])c([2H])c([2H])c4oc5c([2H])c([2H])c([2H])c([2H])c5c34)c([2H])c2[2H])c([2H])c([2H])c1-c1nc(-c2ccccc2)nc(-c2ccc3c(c2)oc2ccccc23)n1. The molecule has 0 saturated carbocycles. The molecule has 0 atom stereocenters. The number of aromatic nitrogens is 3. The van der Waals surface area contributed by atoms with E-state index in [0.29, 0.717) is 22.3 Å². The van der Waals surface area contributed by atoms with Crippen LogP contribution in [0.25, 0.3) is 100 Å². The van der Waals surface area contributed by atoms with Crippen LogP contribution in [0.3, 0.4) is 0 Å². The van der Waals surface area contributed by atoms with Gasteiger partial charge < -0.3 is 8.83 Å². The fourth-order valence-corrected chi connectivity index (χ4v) is 5.86. The maximum absolute atomic E-state index is 9.24. The highest BCUT2D eigenvalue weighted by molar-refractivity contribution is 6.12. The minimum absolute atomic E-state index is 0.130. The van der Waals surface area contributed by atoms with Gasteiger partial charge in [-0.25, -0.2) is 15.0 Å². The van der Waals surface area contributed by atoms with E-state index in [1.807, 2.05) is 30.3 Å². The molecule has 0 aliphatic heterocycles. The van der Waals surface area contributed by atoms with Crippen LogP contribution in [-0.4, -0.2) is 15.0 Å². The predicted octanol–water partition coefficient (Wildman–Crippen LogP) is 12.0. The van der Waals surface area contributed by atoms with Crippen molar-refractivity contribution in [3.8, 4) is 56.4 Å². The molecule has 0 aliphatic carbocycles. The molecule has 0 spiro atoms. The highest BCUT2D eigenvalue weighted by atomic mass is 16.3.